The summed E-state index contributed by atoms with van der Waals surface area (Å²) in [5.74, 6) is 1.14. The smallest absolute Gasteiger partial charge is 0.142 e. The Hall–Kier alpha value is -0.570. The highest BCUT2D eigenvalue weighted by Gasteiger charge is 2.39. The van der Waals surface area contributed by atoms with Crippen molar-refractivity contribution in [3.05, 3.63) is 22.3 Å². The van der Waals surface area contributed by atoms with Crippen LogP contribution in [0.5, 0.6) is 0 Å². The van der Waals surface area contributed by atoms with Gasteiger partial charge in [-0.25, -0.2) is 4.98 Å². The fraction of sp³-hybridized carbons (Fsp3) is 0.667. The van der Waals surface area contributed by atoms with Gasteiger partial charge < -0.3 is 4.90 Å². The lowest BCUT2D eigenvalue weighted by molar-refractivity contribution is 0.219. The van der Waals surface area contributed by atoms with Crippen molar-refractivity contribution in [2.75, 3.05) is 18.0 Å². The molecule has 2 heterocycles. The minimum atomic E-state index is 0.601. The third-order valence-corrected chi connectivity index (χ3v) is 5.19. The van der Waals surface area contributed by atoms with Crippen LogP contribution in [0.3, 0.4) is 0 Å². The van der Waals surface area contributed by atoms with E-state index >= 15 is 0 Å². The first-order valence-corrected chi connectivity index (χ1v) is 7.85. The second-order valence-corrected chi connectivity index (χ2v) is 6.90. The molecule has 0 aromatic carbocycles. The Balaban J connectivity index is 1.78. The number of nitrogens with zero attached hydrogens (tertiary/aromatic N) is 2. The van der Waals surface area contributed by atoms with E-state index in [9.17, 15) is 0 Å². The highest BCUT2D eigenvalue weighted by atomic mass is 79.9. The minimum Gasteiger partial charge on any atom is -0.355 e. The lowest BCUT2D eigenvalue weighted by Gasteiger charge is -2.33. The quantitative estimate of drug-likeness (QED) is 0.768. The number of hydrogen-bond donors (Lipinski definition) is 0. The van der Waals surface area contributed by atoms with Crippen LogP contribution in [0, 0.1) is 12.3 Å². The maximum Gasteiger partial charge on any atom is 0.142 e. The van der Waals surface area contributed by atoms with Crippen LogP contribution in [0.15, 0.2) is 16.7 Å². The summed E-state index contributed by atoms with van der Waals surface area (Å²) in [4.78, 5) is 7.10. The summed E-state index contributed by atoms with van der Waals surface area (Å²) in [6, 6.07) is 2.17. The molecule has 1 aliphatic carbocycles. The van der Waals surface area contributed by atoms with Crippen LogP contribution in [0.25, 0.3) is 0 Å². The molecule has 1 spiro atoms. The zero-order valence-electron chi connectivity index (χ0n) is 11.1. The summed E-state index contributed by atoms with van der Waals surface area (Å²) in [6.45, 7) is 4.48. The fourth-order valence-corrected chi connectivity index (χ4v) is 4.30. The van der Waals surface area contributed by atoms with E-state index in [2.05, 4.69) is 38.8 Å². The number of aryl methyl sites for hydroxylation is 1. The summed E-state index contributed by atoms with van der Waals surface area (Å²) >= 11 is 3.67. The van der Waals surface area contributed by atoms with Crippen molar-refractivity contribution < 1.29 is 0 Å². The predicted octanol–water partition coefficient (Wildman–Crippen LogP) is 4.31. The molecular formula is C15H21BrN2. The van der Waals surface area contributed by atoms with Gasteiger partial charge in [0.1, 0.15) is 5.82 Å². The molecule has 0 N–H and O–H groups in total. The molecule has 1 saturated carbocycles. The van der Waals surface area contributed by atoms with Crippen molar-refractivity contribution in [3.8, 4) is 0 Å². The molecule has 2 fully saturated rings. The Labute approximate surface area is 118 Å². The van der Waals surface area contributed by atoms with Crippen molar-refractivity contribution >= 4 is 21.7 Å². The average molecular weight is 309 g/mol. The van der Waals surface area contributed by atoms with E-state index in [4.69, 9.17) is 0 Å². The van der Waals surface area contributed by atoms with E-state index < -0.39 is 0 Å². The fourth-order valence-electron chi connectivity index (χ4n) is 3.58. The number of anilines is 1. The highest BCUT2D eigenvalue weighted by Crippen LogP contribution is 2.45. The van der Waals surface area contributed by atoms with E-state index in [1.165, 1.54) is 57.2 Å². The third-order valence-electron chi connectivity index (χ3n) is 4.61. The normalized spacial score (nSPS) is 22.7. The number of hydrogen-bond acceptors (Lipinski definition) is 2. The Kier molecular flexibility index (Phi) is 3.35. The molecule has 1 saturated heterocycles. The van der Waals surface area contributed by atoms with Crippen molar-refractivity contribution in [3.63, 3.8) is 0 Å². The largest absolute Gasteiger partial charge is 0.355 e. The molecule has 1 aliphatic heterocycles. The lowest BCUT2D eigenvalue weighted by Crippen LogP contribution is -2.29. The van der Waals surface area contributed by atoms with Crippen molar-refractivity contribution in [2.24, 2.45) is 5.41 Å². The van der Waals surface area contributed by atoms with Crippen LogP contribution in [-0.4, -0.2) is 18.1 Å². The van der Waals surface area contributed by atoms with Crippen LogP contribution in [0.2, 0.25) is 0 Å². The standard InChI is InChI=1S/C15H21BrN2/c1-12-9-13(16)14(17-10-12)18-8-7-15(11-18)5-3-2-4-6-15/h9-10H,2-8,11H2,1H3. The summed E-state index contributed by atoms with van der Waals surface area (Å²) in [7, 11) is 0. The van der Waals surface area contributed by atoms with E-state index in [0.717, 1.165) is 10.3 Å². The van der Waals surface area contributed by atoms with Crippen molar-refractivity contribution in [1.29, 1.82) is 0 Å². The van der Waals surface area contributed by atoms with E-state index in [1.54, 1.807) is 0 Å². The monoisotopic (exact) mass is 308 g/mol. The Bertz CT molecular complexity index is 438. The maximum absolute atomic E-state index is 4.62. The molecule has 18 heavy (non-hydrogen) atoms. The molecule has 2 nitrogen and oxygen atoms in total. The van der Waals surface area contributed by atoms with Crippen LogP contribution in [0.4, 0.5) is 5.82 Å². The first-order chi connectivity index (χ1) is 8.69. The zero-order valence-corrected chi connectivity index (χ0v) is 12.7. The molecule has 0 atom stereocenters. The van der Waals surface area contributed by atoms with Crippen LogP contribution in [0.1, 0.15) is 44.1 Å². The van der Waals surface area contributed by atoms with Crippen LogP contribution in [-0.2, 0) is 0 Å². The summed E-state index contributed by atoms with van der Waals surface area (Å²) in [5.41, 5.74) is 1.82. The molecule has 1 aromatic rings. The van der Waals surface area contributed by atoms with Crippen molar-refractivity contribution in [1.82, 2.24) is 4.98 Å². The SMILES string of the molecule is Cc1cnc(N2CCC3(CCCCC3)C2)c(Br)c1. The molecule has 0 amide bonds. The van der Waals surface area contributed by atoms with Gasteiger partial charge in [-0.1, -0.05) is 19.3 Å². The molecular weight excluding hydrogens is 288 g/mol. The van der Waals surface area contributed by atoms with Gasteiger partial charge in [-0.3, -0.25) is 0 Å². The second-order valence-electron chi connectivity index (χ2n) is 6.05. The molecule has 0 radical (unpaired) electrons. The Morgan fingerprint density at radius 1 is 1.22 bits per heavy atom. The van der Waals surface area contributed by atoms with Gasteiger partial charge in [-0.15, -0.1) is 0 Å². The summed E-state index contributed by atoms with van der Waals surface area (Å²) in [5, 5.41) is 0. The van der Waals surface area contributed by atoms with Gasteiger partial charge >= 0.3 is 0 Å². The zero-order chi connectivity index (χ0) is 12.6. The second kappa shape index (κ2) is 4.84. The van der Waals surface area contributed by atoms with Gasteiger partial charge in [-0.2, -0.15) is 0 Å². The van der Waals surface area contributed by atoms with Crippen LogP contribution >= 0.6 is 15.9 Å². The number of aromatic nitrogens is 1. The number of halogens is 1. The van der Waals surface area contributed by atoms with E-state index in [1.807, 2.05) is 6.20 Å². The molecule has 0 bridgehead atoms. The minimum absolute atomic E-state index is 0.601. The molecule has 3 heteroatoms. The first kappa shape index (κ1) is 12.5. The molecule has 3 rings (SSSR count). The van der Waals surface area contributed by atoms with Crippen LogP contribution < -0.4 is 4.90 Å². The highest BCUT2D eigenvalue weighted by molar-refractivity contribution is 9.10. The molecule has 1 aromatic heterocycles. The lowest BCUT2D eigenvalue weighted by atomic mass is 9.73. The maximum atomic E-state index is 4.62. The topological polar surface area (TPSA) is 16.1 Å². The Morgan fingerprint density at radius 2 is 2.00 bits per heavy atom. The van der Waals surface area contributed by atoms with Gasteiger partial charge in [0, 0.05) is 19.3 Å². The van der Waals surface area contributed by atoms with Gasteiger partial charge in [0.15, 0.2) is 0 Å². The molecule has 2 aliphatic rings. The third kappa shape index (κ3) is 2.29. The average Bonchev–Trinajstić information content (AvgIpc) is 2.74. The number of pyridine rings is 1. The van der Waals surface area contributed by atoms with E-state index in [0.29, 0.717) is 5.41 Å². The van der Waals surface area contributed by atoms with Gasteiger partial charge in [-0.05, 0) is 59.2 Å². The first-order valence-electron chi connectivity index (χ1n) is 7.06. The van der Waals surface area contributed by atoms with Gasteiger partial charge in [0.05, 0.1) is 4.47 Å². The van der Waals surface area contributed by atoms with Crippen molar-refractivity contribution in [2.45, 2.75) is 45.4 Å². The Morgan fingerprint density at radius 3 is 2.72 bits per heavy atom. The number of rotatable bonds is 1. The van der Waals surface area contributed by atoms with Gasteiger partial charge in [0.25, 0.3) is 0 Å². The summed E-state index contributed by atoms with van der Waals surface area (Å²) in [6.07, 6.45) is 10.5. The molecule has 0 unspecified atom stereocenters. The van der Waals surface area contributed by atoms with Gasteiger partial charge in [0.2, 0.25) is 0 Å². The molecule has 98 valence electrons. The summed E-state index contributed by atoms with van der Waals surface area (Å²) < 4.78 is 1.15. The predicted molar refractivity (Wildman–Crippen MR) is 79.0 cm³/mol. The van der Waals surface area contributed by atoms with E-state index in [-0.39, 0.29) is 0 Å².